The van der Waals surface area contributed by atoms with Crippen LogP contribution in [0.3, 0.4) is 0 Å². The van der Waals surface area contributed by atoms with Crippen molar-refractivity contribution in [3.63, 3.8) is 0 Å². The molecule has 0 bridgehead atoms. The van der Waals surface area contributed by atoms with E-state index in [-0.39, 0.29) is 18.1 Å². The molecule has 2 rings (SSSR count). The fourth-order valence-corrected chi connectivity index (χ4v) is 2.03. The molecule has 1 saturated carbocycles. The van der Waals surface area contributed by atoms with Crippen molar-refractivity contribution in [2.24, 2.45) is 0 Å². The molecule has 6 heteroatoms. The average molecular weight is 276 g/mol. The third-order valence-corrected chi connectivity index (χ3v) is 3.42. The van der Waals surface area contributed by atoms with Crippen LogP contribution in [-0.2, 0) is 4.79 Å². The molecule has 6 nitrogen and oxygen atoms in total. The number of rotatable bonds is 5. The van der Waals surface area contributed by atoms with Gasteiger partial charge in [-0.25, -0.2) is 0 Å². The van der Waals surface area contributed by atoms with E-state index in [1.807, 2.05) is 0 Å². The van der Waals surface area contributed by atoms with Gasteiger partial charge in [0, 0.05) is 18.7 Å². The van der Waals surface area contributed by atoms with Gasteiger partial charge in [0.05, 0.1) is 16.1 Å². The van der Waals surface area contributed by atoms with E-state index in [1.165, 1.54) is 18.2 Å². The van der Waals surface area contributed by atoms with Gasteiger partial charge in [-0.15, -0.1) is 0 Å². The number of carbonyl (C=O) groups is 1. The van der Waals surface area contributed by atoms with Gasteiger partial charge in [0.15, 0.2) is 0 Å². The molecule has 1 aromatic rings. The van der Waals surface area contributed by atoms with Crippen LogP contribution >= 0.6 is 0 Å². The lowest BCUT2D eigenvalue weighted by Gasteiger charge is -2.36. The molecule has 1 aliphatic rings. The van der Waals surface area contributed by atoms with Crippen molar-refractivity contribution in [2.45, 2.75) is 24.9 Å². The standard InChI is InChI=1S/C14H16N2O4/c17-13(15-10-14(18)8-3-9-14)7-6-11-4-1-2-5-12(11)16(19)20/h1-2,4-7,18H,3,8-10H2,(H,15,17)/b7-6+. The maximum atomic E-state index is 11.6. The number of carbonyl (C=O) groups excluding carboxylic acids is 1. The van der Waals surface area contributed by atoms with Gasteiger partial charge in [-0.05, 0) is 31.4 Å². The van der Waals surface area contributed by atoms with E-state index >= 15 is 0 Å². The van der Waals surface area contributed by atoms with Gasteiger partial charge in [0.25, 0.3) is 5.69 Å². The number of hydrogen-bond acceptors (Lipinski definition) is 4. The lowest BCUT2D eigenvalue weighted by Crippen LogP contribution is -2.47. The van der Waals surface area contributed by atoms with Gasteiger partial charge in [-0.2, -0.15) is 0 Å². The van der Waals surface area contributed by atoms with Crippen molar-refractivity contribution < 1.29 is 14.8 Å². The highest BCUT2D eigenvalue weighted by Gasteiger charge is 2.34. The number of nitrogens with one attached hydrogen (secondary N) is 1. The summed E-state index contributed by atoms with van der Waals surface area (Å²) in [6.45, 7) is 0.215. The SMILES string of the molecule is O=C(/C=C/c1ccccc1[N+](=O)[O-])NCC1(O)CCC1. The van der Waals surface area contributed by atoms with Gasteiger partial charge >= 0.3 is 0 Å². The molecule has 1 fully saturated rings. The average Bonchev–Trinajstić information content (AvgIpc) is 2.41. The summed E-state index contributed by atoms with van der Waals surface area (Å²) < 4.78 is 0. The number of amides is 1. The fourth-order valence-electron chi connectivity index (χ4n) is 2.03. The highest BCUT2D eigenvalue weighted by atomic mass is 16.6. The lowest BCUT2D eigenvalue weighted by molar-refractivity contribution is -0.385. The molecule has 106 valence electrons. The molecule has 0 spiro atoms. The Kier molecular flexibility index (Phi) is 4.14. The lowest BCUT2D eigenvalue weighted by atomic mass is 9.80. The highest BCUT2D eigenvalue weighted by Crippen LogP contribution is 2.30. The Morgan fingerprint density at radius 3 is 2.75 bits per heavy atom. The Hall–Kier alpha value is -2.21. The molecule has 0 atom stereocenters. The van der Waals surface area contributed by atoms with Gasteiger partial charge in [0.1, 0.15) is 0 Å². The number of nitrogens with zero attached hydrogens (tertiary/aromatic N) is 1. The minimum absolute atomic E-state index is 0.0471. The van der Waals surface area contributed by atoms with Crippen LogP contribution in [0, 0.1) is 10.1 Å². The zero-order valence-electron chi connectivity index (χ0n) is 10.9. The largest absolute Gasteiger partial charge is 0.388 e. The topological polar surface area (TPSA) is 92.5 Å². The molecule has 20 heavy (non-hydrogen) atoms. The minimum Gasteiger partial charge on any atom is -0.388 e. The molecule has 1 aliphatic carbocycles. The molecule has 1 amide bonds. The molecule has 0 unspecified atom stereocenters. The third-order valence-electron chi connectivity index (χ3n) is 3.42. The third kappa shape index (κ3) is 3.42. The van der Waals surface area contributed by atoms with Crippen LogP contribution < -0.4 is 5.32 Å². The Balaban J connectivity index is 1.95. The van der Waals surface area contributed by atoms with Crippen LogP contribution in [0.25, 0.3) is 6.08 Å². The van der Waals surface area contributed by atoms with E-state index in [0.29, 0.717) is 18.4 Å². The number of aliphatic hydroxyl groups is 1. The van der Waals surface area contributed by atoms with E-state index < -0.39 is 10.5 Å². The zero-order valence-corrected chi connectivity index (χ0v) is 10.9. The van der Waals surface area contributed by atoms with Crippen LogP contribution in [0.5, 0.6) is 0 Å². The number of hydrogen-bond donors (Lipinski definition) is 2. The van der Waals surface area contributed by atoms with Crippen molar-refractivity contribution in [3.05, 3.63) is 46.0 Å². The van der Waals surface area contributed by atoms with Gasteiger partial charge < -0.3 is 10.4 Å². The molecule has 0 aliphatic heterocycles. The summed E-state index contributed by atoms with van der Waals surface area (Å²) in [5, 5.41) is 23.2. The van der Waals surface area contributed by atoms with Crippen molar-refractivity contribution in [1.29, 1.82) is 0 Å². The second kappa shape index (κ2) is 5.83. The summed E-state index contributed by atoms with van der Waals surface area (Å²) in [5.74, 6) is -0.372. The number of benzene rings is 1. The molecular weight excluding hydrogens is 260 g/mol. The second-order valence-corrected chi connectivity index (χ2v) is 4.94. The first-order valence-corrected chi connectivity index (χ1v) is 6.42. The monoisotopic (exact) mass is 276 g/mol. The van der Waals surface area contributed by atoms with Crippen LogP contribution in [0.1, 0.15) is 24.8 Å². The summed E-state index contributed by atoms with van der Waals surface area (Å²) in [6, 6.07) is 6.19. The number of nitro benzene ring substituents is 1. The van der Waals surface area contributed by atoms with E-state index in [0.717, 1.165) is 6.42 Å². The molecule has 0 aromatic heterocycles. The van der Waals surface area contributed by atoms with Gasteiger partial charge in [0.2, 0.25) is 5.91 Å². The first-order valence-electron chi connectivity index (χ1n) is 6.42. The minimum atomic E-state index is -0.776. The zero-order chi connectivity index (χ0) is 14.6. The normalized spacial score (nSPS) is 16.6. The van der Waals surface area contributed by atoms with Gasteiger partial charge in [-0.3, -0.25) is 14.9 Å². The van der Waals surface area contributed by atoms with E-state index in [1.54, 1.807) is 18.2 Å². The fraction of sp³-hybridized carbons (Fsp3) is 0.357. The predicted molar refractivity (Wildman–Crippen MR) is 73.9 cm³/mol. The van der Waals surface area contributed by atoms with E-state index in [4.69, 9.17) is 0 Å². The number of nitro groups is 1. The quantitative estimate of drug-likeness (QED) is 0.486. The smallest absolute Gasteiger partial charge is 0.276 e. The van der Waals surface area contributed by atoms with Crippen molar-refractivity contribution in [1.82, 2.24) is 5.32 Å². The van der Waals surface area contributed by atoms with Crippen LogP contribution in [0.2, 0.25) is 0 Å². The Morgan fingerprint density at radius 2 is 2.15 bits per heavy atom. The first kappa shape index (κ1) is 14.2. The van der Waals surface area contributed by atoms with Crippen molar-refractivity contribution in [2.75, 3.05) is 6.54 Å². The van der Waals surface area contributed by atoms with Crippen molar-refractivity contribution >= 4 is 17.7 Å². The van der Waals surface area contributed by atoms with Crippen molar-refractivity contribution in [3.8, 4) is 0 Å². The molecule has 0 saturated heterocycles. The van der Waals surface area contributed by atoms with Crippen LogP contribution in [-0.4, -0.2) is 28.1 Å². The van der Waals surface area contributed by atoms with E-state index in [9.17, 15) is 20.0 Å². The molecule has 0 radical (unpaired) electrons. The number of para-hydroxylation sites is 1. The van der Waals surface area contributed by atoms with Crippen LogP contribution in [0.15, 0.2) is 30.3 Å². The summed E-state index contributed by atoms with van der Waals surface area (Å²) >= 11 is 0. The Morgan fingerprint density at radius 1 is 1.45 bits per heavy atom. The summed E-state index contributed by atoms with van der Waals surface area (Å²) in [4.78, 5) is 21.9. The van der Waals surface area contributed by atoms with Gasteiger partial charge in [-0.1, -0.05) is 12.1 Å². The predicted octanol–water partition coefficient (Wildman–Crippen LogP) is 1.64. The second-order valence-electron chi connectivity index (χ2n) is 4.94. The molecule has 1 aromatic carbocycles. The Labute approximate surface area is 116 Å². The summed E-state index contributed by atoms with van der Waals surface area (Å²) in [7, 11) is 0. The Bertz CT molecular complexity index is 550. The molecular formula is C14H16N2O4. The highest BCUT2D eigenvalue weighted by molar-refractivity contribution is 5.92. The maximum absolute atomic E-state index is 11.6. The molecule has 0 heterocycles. The maximum Gasteiger partial charge on any atom is 0.276 e. The first-order chi connectivity index (χ1) is 9.50. The summed E-state index contributed by atoms with van der Waals surface area (Å²) in [6.07, 6.45) is 5.00. The van der Waals surface area contributed by atoms with E-state index in [2.05, 4.69) is 5.32 Å². The molecule has 2 N–H and O–H groups in total. The van der Waals surface area contributed by atoms with Crippen LogP contribution in [0.4, 0.5) is 5.69 Å². The summed E-state index contributed by atoms with van der Waals surface area (Å²) in [5.41, 5.74) is -0.452.